The number of thiophene rings is 1. The van der Waals surface area contributed by atoms with Gasteiger partial charge >= 0.3 is 0 Å². The van der Waals surface area contributed by atoms with E-state index in [9.17, 15) is 0 Å². The molecule has 1 saturated carbocycles. The minimum absolute atomic E-state index is 0.0364. The molecule has 2 atom stereocenters. The summed E-state index contributed by atoms with van der Waals surface area (Å²) in [5, 5.41) is 15.4. The fourth-order valence-corrected chi connectivity index (χ4v) is 5.51. The van der Waals surface area contributed by atoms with Gasteiger partial charge in [-0.2, -0.15) is 0 Å². The number of thioether (sulfide) groups is 1. The first-order valence-electron chi connectivity index (χ1n) is 7.09. The Balaban J connectivity index is 1.82. The summed E-state index contributed by atoms with van der Waals surface area (Å²) < 4.78 is 3.10. The number of nitrogens with two attached hydrogens (primary N) is 1. The highest BCUT2D eigenvalue weighted by atomic mass is 79.9. The van der Waals surface area contributed by atoms with Crippen LogP contribution in [-0.2, 0) is 0 Å². The third kappa shape index (κ3) is 3.49. The zero-order chi connectivity index (χ0) is 14.8. The van der Waals surface area contributed by atoms with Crippen LogP contribution in [0.25, 0.3) is 0 Å². The molecule has 1 aliphatic carbocycles. The van der Waals surface area contributed by atoms with Crippen LogP contribution in [0, 0.1) is 0 Å². The summed E-state index contributed by atoms with van der Waals surface area (Å²) in [5.74, 6) is 0. The minimum Gasteiger partial charge on any atom is -0.327 e. The second-order valence-electron chi connectivity index (χ2n) is 5.41. The van der Waals surface area contributed by atoms with Crippen molar-refractivity contribution in [2.24, 2.45) is 5.73 Å². The van der Waals surface area contributed by atoms with Crippen molar-refractivity contribution in [3.63, 3.8) is 0 Å². The van der Waals surface area contributed by atoms with Gasteiger partial charge < -0.3 is 5.73 Å². The summed E-state index contributed by atoms with van der Waals surface area (Å²) in [6, 6.07) is 2.62. The van der Waals surface area contributed by atoms with Crippen molar-refractivity contribution in [1.82, 2.24) is 20.2 Å². The first-order chi connectivity index (χ1) is 10.1. The summed E-state index contributed by atoms with van der Waals surface area (Å²) in [5.41, 5.74) is 6.19. The molecule has 2 heterocycles. The highest BCUT2D eigenvalue weighted by Crippen LogP contribution is 2.41. The molecule has 2 N–H and O–H groups in total. The van der Waals surface area contributed by atoms with Crippen LogP contribution in [0.4, 0.5) is 0 Å². The molecular formula is C13H18BrN5S2. The van der Waals surface area contributed by atoms with Gasteiger partial charge in [0.25, 0.3) is 0 Å². The van der Waals surface area contributed by atoms with Gasteiger partial charge in [0.05, 0.1) is 11.3 Å². The zero-order valence-corrected chi connectivity index (χ0v) is 15.0. The molecule has 0 aliphatic heterocycles. The van der Waals surface area contributed by atoms with E-state index in [1.807, 2.05) is 11.6 Å². The molecule has 0 saturated heterocycles. The Morgan fingerprint density at radius 3 is 2.86 bits per heavy atom. The average Bonchev–Trinajstić information content (AvgIpc) is 3.16. The Labute approximate surface area is 140 Å². The molecule has 0 bridgehead atoms. The molecule has 114 valence electrons. The Bertz CT molecular complexity index is 591. The topological polar surface area (TPSA) is 69.6 Å². The van der Waals surface area contributed by atoms with Crippen molar-refractivity contribution in [1.29, 1.82) is 0 Å². The molecule has 1 fully saturated rings. The molecule has 0 spiro atoms. The lowest BCUT2D eigenvalue weighted by Crippen LogP contribution is -2.22. The van der Waals surface area contributed by atoms with Crippen molar-refractivity contribution in [2.75, 3.05) is 0 Å². The lowest BCUT2D eigenvalue weighted by molar-refractivity contribution is 0.422. The second-order valence-corrected chi connectivity index (χ2v) is 8.38. The van der Waals surface area contributed by atoms with E-state index in [0.29, 0.717) is 6.04 Å². The molecule has 2 unspecified atom stereocenters. The third-order valence-electron chi connectivity index (χ3n) is 3.71. The maximum atomic E-state index is 6.19. The molecule has 3 rings (SSSR count). The van der Waals surface area contributed by atoms with Crippen LogP contribution in [0.5, 0.6) is 0 Å². The van der Waals surface area contributed by atoms with Crippen LogP contribution in [-0.4, -0.2) is 26.2 Å². The summed E-state index contributed by atoms with van der Waals surface area (Å²) in [6.45, 7) is 2.04. The fraction of sp³-hybridized carbons (Fsp3) is 0.615. The quantitative estimate of drug-likeness (QED) is 0.790. The van der Waals surface area contributed by atoms with Gasteiger partial charge in [-0.25, -0.2) is 4.68 Å². The SMILES string of the molecule is CC(N)C(Sc1nnnn1C1CCCC1)c1cc(Br)cs1. The van der Waals surface area contributed by atoms with Crippen molar-refractivity contribution in [2.45, 2.75) is 55.1 Å². The zero-order valence-electron chi connectivity index (χ0n) is 11.8. The van der Waals surface area contributed by atoms with Crippen LogP contribution >= 0.6 is 39.0 Å². The van der Waals surface area contributed by atoms with Gasteiger partial charge in [0.15, 0.2) is 0 Å². The molecule has 0 amide bonds. The van der Waals surface area contributed by atoms with E-state index in [4.69, 9.17) is 5.73 Å². The molecule has 8 heteroatoms. The minimum atomic E-state index is 0.0364. The third-order valence-corrected chi connectivity index (χ3v) is 7.05. The lowest BCUT2D eigenvalue weighted by Gasteiger charge is -2.19. The van der Waals surface area contributed by atoms with E-state index < -0.39 is 0 Å². The summed E-state index contributed by atoms with van der Waals surface area (Å²) >= 11 is 6.91. The first-order valence-corrected chi connectivity index (χ1v) is 9.64. The predicted octanol–water partition coefficient (Wildman–Crippen LogP) is 3.79. The van der Waals surface area contributed by atoms with Crippen molar-refractivity contribution >= 4 is 39.0 Å². The van der Waals surface area contributed by atoms with E-state index in [1.54, 1.807) is 23.1 Å². The number of hydrogen-bond acceptors (Lipinski definition) is 6. The Morgan fingerprint density at radius 1 is 1.48 bits per heavy atom. The Kier molecular flexibility index (Phi) is 4.98. The van der Waals surface area contributed by atoms with Crippen LogP contribution in [0.1, 0.15) is 48.8 Å². The average molecular weight is 388 g/mol. The lowest BCUT2D eigenvalue weighted by atomic mass is 10.2. The van der Waals surface area contributed by atoms with Crippen LogP contribution in [0.3, 0.4) is 0 Å². The highest BCUT2D eigenvalue weighted by Gasteiger charge is 2.26. The van der Waals surface area contributed by atoms with Crippen LogP contribution < -0.4 is 5.73 Å². The monoisotopic (exact) mass is 387 g/mol. The summed E-state index contributed by atoms with van der Waals surface area (Å²) in [4.78, 5) is 1.25. The van der Waals surface area contributed by atoms with Crippen LogP contribution in [0.15, 0.2) is 21.1 Å². The second kappa shape index (κ2) is 6.76. The number of nitrogens with zero attached hydrogens (tertiary/aromatic N) is 4. The smallest absolute Gasteiger partial charge is 0.210 e. The first kappa shape index (κ1) is 15.5. The van der Waals surface area contributed by atoms with Gasteiger partial charge in [-0.15, -0.1) is 16.4 Å². The largest absolute Gasteiger partial charge is 0.327 e. The van der Waals surface area contributed by atoms with Gasteiger partial charge in [-0.3, -0.25) is 0 Å². The number of tetrazole rings is 1. The highest BCUT2D eigenvalue weighted by molar-refractivity contribution is 9.10. The van der Waals surface area contributed by atoms with E-state index in [1.165, 1.54) is 30.6 Å². The molecule has 5 nitrogen and oxygen atoms in total. The van der Waals surface area contributed by atoms with Gasteiger partial charge in [-0.05, 0) is 52.2 Å². The number of halogens is 1. The Morgan fingerprint density at radius 2 is 2.24 bits per heavy atom. The molecule has 21 heavy (non-hydrogen) atoms. The summed E-state index contributed by atoms with van der Waals surface area (Å²) in [7, 11) is 0. The van der Waals surface area contributed by atoms with Crippen LogP contribution in [0.2, 0.25) is 0 Å². The summed E-state index contributed by atoms with van der Waals surface area (Å²) in [6.07, 6.45) is 4.88. The normalized spacial score (nSPS) is 19.0. The standard InChI is InChI=1S/C13H18BrN5S2/c1-8(15)12(11-6-9(14)7-20-11)21-13-16-17-18-19(13)10-4-2-3-5-10/h6-8,10,12H,2-5,15H2,1H3. The van der Waals surface area contributed by atoms with E-state index in [2.05, 4.69) is 42.9 Å². The maximum Gasteiger partial charge on any atom is 0.210 e. The molecule has 0 radical (unpaired) electrons. The fourth-order valence-electron chi connectivity index (χ4n) is 2.66. The predicted molar refractivity (Wildman–Crippen MR) is 89.6 cm³/mol. The number of aromatic nitrogens is 4. The molecular weight excluding hydrogens is 370 g/mol. The van der Waals surface area contributed by atoms with Gasteiger partial charge in [0.2, 0.25) is 5.16 Å². The molecule has 1 aliphatic rings. The van der Waals surface area contributed by atoms with Gasteiger partial charge in [0.1, 0.15) is 0 Å². The van der Waals surface area contributed by atoms with Gasteiger partial charge in [-0.1, -0.05) is 24.6 Å². The number of rotatable bonds is 5. The van der Waals surface area contributed by atoms with E-state index >= 15 is 0 Å². The Hall–Kier alpha value is -0.440. The van der Waals surface area contributed by atoms with Crippen molar-refractivity contribution in [3.8, 4) is 0 Å². The maximum absolute atomic E-state index is 6.19. The number of hydrogen-bond donors (Lipinski definition) is 1. The molecule has 0 aromatic carbocycles. The molecule has 2 aromatic rings. The molecule has 2 aromatic heterocycles. The van der Waals surface area contributed by atoms with E-state index in [-0.39, 0.29) is 11.3 Å². The van der Waals surface area contributed by atoms with Crippen molar-refractivity contribution in [3.05, 3.63) is 20.8 Å². The van der Waals surface area contributed by atoms with E-state index in [0.717, 1.165) is 9.63 Å². The van der Waals surface area contributed by atoms with Gasteiger partial charge in [0, 0.05) is 20.8 Å². The van der Waals surface area contributed by atoms with Crippen molar-refractivity contribution < 1.29 is 0 Å².